The van der Waals surface area contributed by atoms with Crippen molar-refractivity contribution in [3.8, 4) is 0 Å². The first kappa shape index (κ1) is 19.0. The van der Waals surface area contributed by atoms with Gasteiger partial charge in [-0.1, -0.05) is 0 Å². The van der Waals surface area contributed by atoms with Gasteiger partial charge in [0.25, 0.3) is 5.91 Å². The highest BCUT2D eigenvalue weighted by Crippen LogP contribution is 2.24. The molecule has 1 atom stereocenters. The summed E-state index contributed by atoms with van der Waals surface area (Å²) in [6.45, 7) is 0.701. The first-order valence-corrected chi connectivity index (χ1v) is 8.17. The number of benzene rings is 1. The van der Waals surface area contributed by atoms with E-state index in [2.05, 4.69) is 9.97 Å². The molecule has 0 aliphatic carbocycles. The predicted molar refractivity (Wildman–Crippen MR) is 88.5 cm³/mol. The maximum Gasteiger partial charge on any atom is 0.260 e. The second-order valence-electron chi connectivity index (χ2n) is 6.35. The molecule has 1 aromatic carbocycles. The molecule has 0 bridgehead atoms. The van der Waals surface area contributed by atoms with Gasteiger partial charge in [0.15, 0.2) is 23.3 Å². The lowest BCUT2D eigenvalue weighted by atomic mass is 10.1. The van der Waals surface area contributed by atoms with Crippen molar-refractivity contribution in [3.05, 3.63) is 53.0 Å². The maximum absolute atomic E-state index is 13.9. The van der Waals surface area contributed by atoms with E-state index in [1.54, 1.807) is 13.1 Å². The summed E-state index contributed by atoms with van der Waals surface area (Å²) >= 11 is 0. The van der Waals surface area contributed by atoms with Gasteiger partial charge in [-0.25, -0.2) is 27.5 Å². The second kappa shape index (κ2) is 7.47. The van der Waals surface area contributed by atoms with E-state index in [4.69, 9.17) is 5.73 Å². The molecule has 3 rings (SSSR count). The Morgan fingerprint density at radius 3 is 2.59 bits per heavy atom. The van der Waals surface area contributed by atoms with Crippen molar-refractivity contribution in [1.82, 2.24) is 19.8 Å². The van der Waals surface area contributed by atoms with E-state index < -0.39 is 34.7 Å². The number of carbonyl (C=O) groups is 1. The first-order chi connectivity index (χ1) is 12.8. The molecule has 2 aromatic rings. The average Bonchev–Trinajstić information content (AvgIpc) is 3.10. The third-order valence-electron chi connectivity index (χ3n) is 4.52. The maximum atomic E-state index is 13.9. The molecule has 10 heteroatoms. The van der Waals surface area contributed by atoms with Gasteiger partial charge in [0, 0.05) is 31.4 Å². The van der Waals surface area contributed by atoms with Crippen LogP contribution in [0.1, 0.15) is 22.6 Å². The Hall–Kier alpha value is -2.75. The Labute approximate surface area is 152 Å². The molecule has 1 amide bonds. The number of halogens is 4. The van der Waals surface area contributed by atoms with Crippen molar-refractivity contribution < 1.29 is 22.4 Å². The fraction of sp³-hybridized carbons (Fsp3) is 0.353. The summed E-state index contributed by atoms with van der Waals surface area (Å²) in [5.41, 5.74) is 4.40. The number of carbonyl (C=O) groups excluding carboxylic acids is 1. The Balaban J connectivity index is 1.72. The second-order valence-corrected chi connectivity index (χ2v) is 6.35. The molecule has 0 spiro atoms. The fourth-order valence-corrected chi connectivity index (χ4v) is 3.05. The van der Waals surface area contributed by atoms with E-state index in [1.165, 1.54) is 11.1 Å². The molecule has 1 saturated heterocycles. The van der Waals surface area contributed by atoms with Crippen molar-refractivity contribution >= 4 is 11.7 Å². The topological polar surface area (TPSA) is 75.4 Å². The number of rotatable bonds is 4. The lowest BCUT2D eigenvalue weighted by Crippen LogP contribution is -2.37. The lowest BCUT2D eigenvalue weighted by Gasteiger charge is -2.24. The van der Waals surface area contributed by atoms with Gasteiger partial charge in [-0.15, -0.1) is 0 Å². The predicted octanol–water partition coefficient (Wildman–Crippen LogP) is 1.96. The van der Waals surface area contributed by atoms with E-state index in [-0.39, 0.29) is 25.2 Å². The van der Waals surface area contributed by atoms with Gasteiger partial charge in [-0.3, -0.25) is 9.69 Å². The van der Waals surface area contributed by atoms with Crippen LogP contribution in [0.15, 0.2) is 18.3 Å². The van der Waals surface area contributed by atoms with E-state index in [0.717, 1.165) is 0 Å². The Morgan fingerprint density at radius 1 is 1.30 bits per heavy atom. The monoisotopic (exact) mass is 383 g/mol. The molecular formula is C17H17F4N5O. The molecule has 144 valence electrons. The third kappa shape index (κ3) is 3.85. The quantitative estimate of drug-likeness (QED) is 0.645. The number of nitrogens with zero attached hydrogens (tertiary/aromatic N) is 4. The van der Waals surface area contributed by atoms with Crippen LogP contribution >= 0.6 is 0 Å². The van der Waals surface area contributed by atoms with Crippen molar-refractivity contribution in [2.24, 2.45) is 0 Å². The lowest BCUT2D eigenvalue weighted by molar-refractivity contribution is 0.0767. The van der Waals surface area contributed by atoms with Gasteiger partial charge >= 0.3 is 0 Å². The normalized spacial score (nSPS) is 17.0. The van der Waals surface area contributed by atoms with Crippen molar-refractivity contribution in [1.29, 1.82) is 0 Å². The van der Waals surface area contributed by atoms with Gasteiger partial charge < -0.3 is 10.6 Å². The number of anilines is 1. The summed E-state index contributed by atoms with van der Waals surface area (Å²) in [6.07, 6.45) is 2.05. The van der Waals surface area contributed by atoms with Gasteiger partial charge in [0.2, 0.25) is 0 Å². The molecule has 1 fully saturated rings. The van der Waals surface area contributed by atoms with Gasteiger partial charge in [-0.2, -0.15) is 0 Å². The number of hydrogen-bond acceptors (Lipinski definition) is 5. The van der Waals surface area contributed by atoms with E-state index in [9.17, 15) is 22.4 Å². The van der Waals surface area contributed by atoms with Crippen LogP contribution in [0.4, 0.5) is 23.4 Å². The average molecular weight is 383 g/mol. The van der Waals surface area contributed by atoms with Crippen LogP contribution in [0.25, 0.3) is 0 Å². The van der Waals surface area contributed by atoms with Crippen LogP contribution in [-0.2, 0) is 6.54 Å². The van der Waals surface area contributed by atoms with Crippen LogP contribution in [0.3, 0.4) is 0 Å². The van der Waals surface area contributed by atoms with Crippen molar-refractivity contribution in [2.45, 2.75) is 19.0 Å². The molecule has 1 aromatic heterocycles. The zero-order valence-electron chi connectivity index (χ0n) is 14.4. The number of nitrogens with two attached hydrogens (primary N) is 1. The number of amides is 1. The highest BCUT2D eigenvalue weighted by Gasteiger charge is 2.34. The summed E-state index contributed by atoms with van der Waals surface area (Å²) < 4.78 is 54.4. The molecule has 2 heterocycles. The number of nitrogen functional groups attached to an aromatic ring is 1. The molecule has 0 saturated carbocycles. The molecule has 6 nitrogen and oxygen atoms in total. The molecular weight excluding hydrogens is 366 g/mol. The zero-order chi connectivity index (χ0) is 19.7. The number of likely N-dealkylation sites (tertiary alicyclic amines) is 1. The van der Waals surface area contributed by atoms with E-state index >= 15 is 0 Å². The molecule has 0 radical (unpaired) electrons. The molecule has 1 aliphatic heterocycles. The minimum atomic E-state index is -1.69. The summed E-state index contributed by atoms with van der Waals surface area (Å²) in [5.74, 6) is -6.86. The summed E-state index contributed by atoms with van der Waals surface area (Å²) in [4.78, 5) is 23.7. The van der Waals surface area contributed by atoms with Crippen molar-refractivity contribution in [3.63, 3.8) is 0 Å². The summed E-state index contributed by atoms with van der Waals surface area (Å²) in [7, 11) is 1.79. The third-order valence-corrected chi connectivity index (χ3v) is 4.52. The van der Waals surface area contributed by atoms with E-state index in [1.807, 2.05) is 4.90 Å². The largest absolute Gasteiger partial charge is 0.384 e. The fourth-order valence-electron chi connectivity index (χ4n) is 3.05. The Bertz CT molecular complexity index is 852. The summed E-state index contributed by atoms with van der Waals surface area (Å²) in [5, 5.41) is 0. The van der Waals surface area contributed by atoms with Gasteiger partial charge in [0.1, 0.15) is 17.2 Å². The van der Waals surface area contributed by atoms with Crippen LogP contribution in [0.2, 0.25) is 0 Å². The highest BCUT2D eigenvalue weighted by atomic mass is 19.2. The van der Waals surface area contributed by atoms with Crippen LogP contribution in [-0.4, -0.2) is 51.9 Å². The molecule has 1 unspecified atom stereocenters. The Kier molecular flexibility index (Phi) is 5.26. The highest BCUT2D eigenvalue weighted by molar-refractivity contribution is 5.95. The SMILES string of the molecule is CN(Cc1nccc(N)n1)C1CCN(C(=O)c2c(F)c(F)cc(F)c2F)C1. The van der Waals surface area contributed by atoms with Gasteiger partial charge in [-0.05, 0) is 19.5 Å². The molecule has 27 heavy (non-hydrogen) atoms. The van der Waals surface area contributed by atoms with E-state index in [0.29, 0.717) is 24.6 Å². The van der Waals surface area contributed by atoms with Gasteiger partial charge in [0.05, 0.1) is 6.54 Å². The number of likely N-dealkylation sites (N-methyl/N-ethyl adjacent to an activating group) is 1. The minimum Gasteiger partial charge on any atom is -0.384 e. The number of hydrogen-bond donors (Lipinski definition) is 1. The van der Waals surface area contributed by atoms with Crippen LogP contribution in [0, 0.1) is 23.3 Å². The zero-order valence-corrected chi connectivity index (χ0v) is 14.4. The molecule has 1 aliphatic rings. The minimum absolute atomic E-state index is 0.0770. The van der Waals surface area contributed by atoms with Crippen LogP contribution < -0.4 is 5.73 Å². The van der Waals surface area contributed by atoms with Crippen molar-refractivity contribution in [2.75, 3.05) is 25.9 Å². The Morgan fingerprint density at radius 2 is 1.96 bits per heavy atom. The molecule has 2 N–H and O–H groups in total. The summed E-state index contributed by atoms with van der Waals surface area (Å²) in [6, 6.07) is 1.50. The first-order valence-electron chi connectivity index (χ1n) is 8.17. The number of aromatic nitrogens is 2. The van der Waals surface area contributed by atoms with Crippen LogP contribution in [0.5, 0.6) is 0 Å². The standard InChI is InChI=1S/C17H17F4N5O/c1-25(8-13-23-4-2-12(22)24-13)9-3-5-26(7-9)17(27)14-15(20)10(18)6-11(19)16(14)21/h2,4,6,9H,3,5,7-8H2,1H3,(H2,22,23,24). The smallest absolute Gasteiger partial charge is 0.260 e.